The van der Waals surface area contributed by atoms with Gasteiger partial charge in [0.1, 0.15) is 17.3 Å². The van der Waals surface area contributed by atoms with Crippen LogP contribution in [0.15, 0.2) is 18.2 Å². The van der Waals surface area contributed by atoms with Crippen LogP contribution in [0.1, 0.15) is 32.1 Å². The van der Waals surface area contributed by atoms with Crippen LogP contribution in [0, 0.1) is 29.4 Å². The third-order valence-electron chi connectivity index (χ3n) is 4.90. The van der Waals surface area contributed by atoms with Gasteiger partial charge in [0.2, 0.25) is 0 Å². The van der Waals surface area contributed by atoms with Gasteiger partial charge in [-0.1, -0.05) is 12.5 Å². The van der Waals surface area contributed by atoms with Gasteiger partial charge in [-0.25, -0.2) is 8.78 Å². The van der Waals surface area contributed by atoms with Crippen molar-refractivity contribution in [1.29, 1.82) is 0 Å². The van der Waals surface area contributed by atoms with Crippen molar-refractivity contribution in [2.45, 2.75) is 32.1 Å². The molecule has 4 nitrogen and oxygen atoms in total. The van der Waals surface area contributed by atoms with E-state index in [0.29, 0.717) is 18.3 Å². The van der Waals surface area contributed by atoms with E-state index in [9.17, 15) is 18.4 Å². The van der Waals surface area contributed by atoms with Gasteiger partial charge in [0.25, 0.3) is 5.91 Å². The molecule has 1 aromatic rings. The number of rotatable bonds is 5. The number of halogens is 2. The minimum absolute atomic E-state index is 0.322. The highest BCUT2D eigenvalue weighted by molar-refractivity contribution is 5.93. The van der Waals surface area contributed by atoms with Crippen LogP contribution in [0.25, 0.3) is 0 Å². The lowest BCUT2D eigenvalue weighted by Gasteiger charge is -2.20. The first-order valence-corrected chi connectivity index (χ1v) is 7.92. The Kier molecular flexibility index (Phi) is 4.59. The molecular formula is C17H19F2NO3. The summed E-state index contributed by atoms with van der Waals surface area (Å²) >= 11 is 0. The van der Waals surface area contributed by atoms with Crippen LogP contribution in [0.3, 0.4) is 0 Å². The van der Waals surface area contributed by atoms with Crippen LogP contribution >= 0.6 is 0 Å². The molecule has 1 amide bonds. The van der Waals surface area contributed by atoms with Crippen molar-refractivity contribution in [2.24, 2.45) is 17.8 Å². The van der Waals surface area contributed by atoms with E-state index in [2.05, 4.69) is 5.32 Å². The standard InChI is InChI=1S/C17H19F2NO3/c18-13-2-1-3-14(19)17(13)20-15(21)9-23-16(22)8-12-7-10-4-5-11(12)6-10/h1-3,10-12H,4-9H2,(H,20,21)/t10-,11-,12-/m1/s1. The summed E-state index contributed by atoms with van der Waals surface area (Å²) in [5.74, 6) is -1.22. The fourth-order valence-corrected chi connectivity index (χ4v) is 3.84. The Morgan fingerprint density at radius 3 is 2.52 bits per heavy atom. The lowest BCUT2D eigenvalue weighted by Crippen LogP contribution is -2.24. The fourth-order valence-electron chi connectivity index (χ4n) is 3.84. The summed E-state index contributed by atoms with van der Waals surface area (Å²) in [6.07, 6.45) is 5.02. The van der Waals surface area contributed by atoms with Gasteiger partial charge in [0.05, 0.1) is 0 Å². The highest BCUT2D eigenvalue weighted by Gasteiger charge is 2.40. The summed E-state index contributed by atoms with van der Waals surface area (Å²) in [5, 5.41) is 2.09. The molecule has 6 heteroatoms. The third kappa shape index (κ3) is 3.68. The van der Waals surface area contributed by atoms with Crippen LogP contribution in [0.2, 0.25) is 0 Å². The first-order valence-electron chi connectivity index (χ1n) is 7.92. The quantitative estimate of drug-likeness (QED) is 0.846. The molecule has 1 N–H and O–H groups in total. The van der Waals surface area contributed by atoms with Gasteiger partial charge >= 0.3 is 5.97 Å². The van der Waals surface area contributed by atoms with Crippen LogP contribution < -0.4 is 5.32 Å². The maximum atomic E-state index is 13.4. The van der Waals surface area contributed by atoms with E-state index in [1.807, 2.05) is 0 Å². The number of amides is 1. The van der Waals surface area contributed by atoms with E-state index in [-0.39, 0.29) is 0 Å². The Hall–Kier alpha value is -1.98. The van der Waals surface area contributed by atoms with Crippen molar-refractivity contribution in [2.75, 3.05) is 11.9 Å². The van der Waals surface area contributed by atoms with Crippen molar-refractivity contribution in [1.82, 2.24) is 0 Å². The monoisotopic (exact) mass is 323 g/mol. The van der Waals surface area contributed by atoms with Crippen molar-refractivity contribution >= 4 is 17.6 Å². The molecule has 0 spiro atoms. The van der Waals surface area contributed by atoms with Gasteiger partial charge in [0, 0.05) is 6.42 Å². The molecular weight excluding hydrogens is 304 g/mol. The second kappa shape index (κ2) is 6.64. The topological polar surface area (TPSA) is 55.4 Å². The molecule has 2 aliphatic rings. The molecule has 124 valence electrons. The summed E-state index contributed by atoms with van der Waals surface area (Å²) in [6, 6.07) is 3.29. The van der Waals surface area contributed by atoms with Crippen molar-refractivity contribution < 1.29 is 23.1 Å². The molecule has 2 aliphatic carbocycles. The van der Waals surface area contributed by atoms with Crippen molar-refractivity contribution in [3.05, 3.63) is 29.8 Å². The third-order valence-corrected chi connectivity index (χ3v) is 4.90. The predicted octanol–water partition coefficient (Wildman–Crippen LogP) is 3.27. The predicted molar refractivity (Wildman–Crippen MR) is 79.5 cm³/mol. The number of para-hydroxylation sites is 1. The molecule has 3 rings (SSSR count). The number of nitrogens with one attached hydrogen (secondary N) is 1. The Bertz CT molecular complexity index is 600. The molecule has 2 bridgehead atoms. The van der Waals surface area contributed by atoms with Crippen LogP contribution in [-0.4, -0.2) is 18.5 Å². The molecule has 0 unspecified atom stereocenters. The number of hydrogen-bond donors (Lipinski definition) is 1. The maximum absolute atomic E-state index is 13.4. The van der Waals surface area contributed by atoms with Crippen LogP contribution in [-0.2, 0) is 14.3 Å². The number of anilines is 1. The molecule has 3 atom stereocenters. The largest absolute Gasteiger partial charge is 0.456 e. The van der Waals surface area contributed by atoms with E-state index >= 15 is 0 Å². The summed E-state index contributed by atoms with van der Waals surface area (Å²) in [6.45, 7) is -0.534. The van der Waals surface area contributed by atoms with Gasteiger partial charge in [-0.2, -0.15) is 0 Å². The molecule has 0 saturated heterocycles. The van der Waals surface area contributed by atoms with Crippen molar-refractivity contribution in [3.63, 3.8) is 0 Å². The molecule has 1 aromatic carbocycles. The average molecular weight is 323 g/mol. The highest BCUT2D eigenvalue weighted by Crippen LogP contribution is 2.49. The van der Waals surface area contributed by atoms with E-state index in [0.717, 1.165) is 24.5 Å². The zero-order chi connectivity index (χ0) is 16.4. The van der Waals surface area contributed by atoms with Gasteiger partial charge in [-0.3, -0.25) is 9.59 Å². The number of carbonyl (C=O) groups is 2. The first-order chi connectivity index (χ1) is 11.0. The van der Waals surface area contributed by atoms with Gasteiger partial charge < -0.3 is 10.1 Å². The van der Waals surface area contributed by atoms with Gasteiger partial charge in [-0.05, 0) is 49.1 Å². The zero-order valence-electron chi connectivity index (χ0n) is 12.7. The molecule has 0 aliphatic heterocycles. The van der Waals surface area contributed by atoms with Crippen LogP contribution in [0.4, 0.5) is 14.5 Å². The summed E-state index contributed by atoms with van der Waals surface area (Å²) < 4.78 is 31.7. The number of fused-ring (bicyclic) bond motifs is 2. The molecule has 2 fully saturated rings. The minimum Gasteiger partial charge on any atom is -0.456 e. The van der Waals surface area contributed by atoms with E-state index in [4.69, 9.17) is 4.74 Å². The second-order valence-corrected chi connectivity index (χ2v) is 6.44. The smallest absolute Gasteiger partial charge is 0.306 e. The number of benzene rings is 1. The number of hydrogen-bond acceptors (Lipinski definition) is 3. The molecule has 2 saturated carbocycles. The average Bonchev–Trinajstić information content (AvgIpc) is 3.12. The van der Waals surface area contributed by atoms with E-state index in [1.165, 1.54) is 25.3 Å². The normalized spacial score (nSPS) is 25.4. The molecule has 23 heavy (non-hydrogen) atoms. The zero-order valence-corrected chi connectivity index (χ0v) is 12.7. The lowest BCUT2D eigenvalue weighted by molar-refractivity contribution is -0.148. The molecule has 0 radical (unpaired) electrons. The van der Waals surface area contributed by atoms with Gasteiger partial charge in [0.15, 0.2) is 6.61 Å². The van der Waals surface area contributed by atoms with Crippen LogP contribution in [0.5, 0.6) is 0 Å². The fraction of sp³-hybridized carbons (Fsp3) is 0.529. The Morgan fingerprint density at radius 1 is 1.17 bits per heavy atom. The molecule has 0 heterocycles. The summed E-state index contributed by atoms with van der Waals surface area (Å²) in [7, 11) is 0. The van der Waals surface area contributed by atoms with Gasteiger partial charge in [-0.15, -0.1) is 0 Å². The first kappa shape index (κ1) is 15.9. The SMILES string of the molecule is O=C(COC(=O)C[C@H]1C[C@@H]2CC[C@@H]1C2)Nc1c(F)cccc1F. The summed E-state index contributed by atoms with van der Waals surface area (Å²) in [4.78, 5) is 23.5. The lowest BCUT2D eigenvalue weighted by atomic mass is 9.86. The van der Waals surface area contributed by atoms with E-state index < -0.39 is 35.8 Å². The summed E-state index contributed by atoms with van der Waals surface area (Å²) in [5.41, 5.74) is -0.526. The molecule has 0 aromatic heterocycles. The Balaban J connectivity index is 1.44. The number of ether oxygens (including phenoxy) is 1. The Morgan fingerprint density at radius 2 is 1.91 bits per heavy atom. The maximum Gasteiger partial charge on any atom is 0.306 e. The van der Waals surface area contributed by atoms with Crippen molar-refractivity contribution in [3.8, 4) is 0 Å². The van der Waals surface area contributed by atoms with E-state index in [1.54, 1.807) is 0 Å². The Labute approximate surface area is 133 Å². The highest BCUT2D eigenvalue weighted by atomic mass is 19.1. The number of carbonyl (C=O) groups excluding carboxylic acids is 2. The number of esters is 1. The second-order valence-electron chi connectivity index (χ2n) is 6.44. The minimum atomic E-state index is -0.869.